The summed E-state index contributed by atoms with van der Waals surface area (Å²) in [5.74, 6) is 0. The molecule has 0 N–H and O–H groups in total. The average molecular weight is 345 g/mol. The second-order valence-corrected chi connectivity index (χ2v) is 7.74. The normalized spacial score (nSPS) is 13.3. The highest BCUT2D eigenvalue weighted by atomic mass is 15.3. The Morgan fingerprint density at radius 2 is 1.50 bits per heavy atom. The van der Waals surface area contributed by atoms with Gasteiger partial charge < -0.3 is 4.90 Å². The Morgan fingerprint density at radius 1 is 0.846 bits per heavy atom. The summed E-state index contributed by atoms with van der Waals surface area (Å²) in [7, 11) is 0. The standard InChI is InChI=1S/C23H27N3/c1-15(2)25-14-18-10-6-7-11-19(18)22-17(5)26(16(3)4)24-23(22)20-12-8-9-13-21(20)25/h6-13,15-16H,14H2,1-5H3. The van der Waals surface area contributed by atoms with Crippen LogP contribution in [0.3, 0.4) is 0 Å². The fraction of sp³-hybridized carbons (Fsp3) is 0.348. The van der Waals surface area contributed by atoms with Gasteiger partial charge in [-0.25, -0.2) is 0 Å². The monoisotopic (exact) mass is 345 g/mol. The van der Waals surface area contributed by atoms with Gasteiger partial charge in [0, 0.05) is 41.1 Å². The number of anilines is 1. The van der Waals surface area contributed by atoms with E-state index in [1.807, 2.05) is 0 Å². The van der Waals surface area contributed by atoms with E-state index in [4.69, 9.17) is 5.10 Å². The molecule has 1 aromatic heterocycles. The lowest BCUT2D eigenvalue weighted by atomic mass is 9.91. The van der Waals surface area contributed by atoms with E-state index in [1.165, 1.54) is 33.6 Å². The quantitative estimate of drug-likeness (QED) is 0.582. The van der Waals surface area contributed by atoms with E-state index in [1.54, 1.807) is 0 Å². The van der Waals surface area contributed by atoms with Crippen LogP contribution in [-0.2, 0) is 6.54 Å². The summed E-state index contributed by atoms with van der Waals surface area (Å²) in [6.07, 6.45) is 0. The zero-order valence-corrected chi connectivity index (χ0v) is 16.3. The Balaban J connectivity index is 2.11. The Kier molecular flexibility index (Phi) is 4.10. The van der Waals surface area contributed by atoms with Crippen LogP contribution < -0.4 is 4.90 Å². The smallest absolute Gasteiger partial charge is 0.102 e. The number of benzene rings is 2. The lowest BCUT2D eigenvalue weighted by Gasteiger charge is -2.33. The summed E-state index contributed by atoms with van der Waals surface area (Å²) in [5.41, 5.74) is 8.81. The zero-order valence-electron chi connectivity index (χ0n) is 16.3. The first kappa shape index (κ1) is 16.9. The summed E-state index contributed by atoms with van der Waals surface area (Å²) in [6.45, 7) is 12.0. The summed E-state index contributed by atoms with van der Waals surface area (Å²) in [4.78, 5) is 2.49. The first-order chi connectivity index (χ1) is 12.5. The molecular formula is C23H27N3. The molecule has 3 nitrogen and oxygen atoms in total. The molecular weight excluding hydrogens is 318 g/mol. The summed E-state index contributed by atoms with van der Waals surface area (Å²) >= 11 is 0. The van der Waals surface area contributed by atoms with Gasteiger partial charge in [-0.3, -0.25) is 4.68 Å². The number of aromatic nitrogens is 2. The first-order valence-corrected chi connectivity index (χ1v) is 9.52. The van der Waals surface area contributed by atoms with E-state index in [-0.39, 0.29) is 0 Å². The number of nitrogens with zero attached hydrogens (tertiary/aromatic N) is 3. The second kappa shape index (κ2) is 6.31. The van der Waals surface area contributed by atoms with E-state index < -0.39 is 0 Å². The van der Waals surface area contributed by atoms with Crippen LogP contribution in [0.4, 0.5) is 5.69 Å². The van der Waals surface area contributed by atoms with E-state index in [0.29, 0.717) is 12.1 Å². The Hall–Kier alpha value is -2.55. The maximum absolute atomic E-state index is 5.08. The highest BCUT2D eigenvalue weighted by Gasteiger charge is 2.27. The third-order valence-electron chi connectivity index (χ3n) is 5.36. The van der Waals surface area contributed by atoms with Gasteiger partial charge in [0.05, 0.1) is 0 Å². The van der Waals surface area contributed by atoms with Crippen LogP contribution in [0.1, 0.15) is 45.0 Å². The van der Waals surface area contributed by atoms with Crippen LogP contribution in [0, 0.1) is 6.92 Å². The van der Waals surface area contributed by atoms with Crippen molar-refractivity contribution in [2.75, 3.05) is 4.90 Å². The molecule has 3 heteroatoms. The van der Waals surface area contributed by atoms with Crippen molar-refractivity contribution in [3.05, 3.63) is 59.8 Å². The van der Waals surface area contributed by atoms with Crippen molar-refractivity contribution >= 4 is 5.69 Å². The molecule has 4 rings (SSSR count). The maximum Gasteiger partial charge on any atom is 0.102 e. The highest BCUT2D eigenvalue weighted by Crippen LogP contribution is 2.43. The molecule has 0 radical (unpaired) electrons. The van der Waals surface area contributed by atoms with Crippen LogP contribution >= 0.6 is 0 Å². The summed E-state index contributed by atoms with van der Waals surface area (Å²) in [6, 6.07) is 18.3. The van der Waals surface area contributed by atoms with Gasteiger partial charge in [0.1, 0.15) is 5.69 Å². The molecule has 0 bridgehead atoms. The van der Waals surface area contributed by atoms with Crippen LogP contribution in [0.25, 0.3) is 22.4 Å². The van der Waals surface area contributed by atoms with Gasteiger partial charge in [-0.1, -0.05) is 42.5 Å². The fourth-order valence-corrected chi connectivity index (χ4v) is 4.09. The molecule has 0 saturated carbocycles. The topological polar surface area (TPSA) is 21.1 Å². The minimum atomic E-state index is 0.337. The van der Waals surface area contributed by atoms with Gasteiger partial charge in [0.15, 0.2) is 0 Å². The van der Waals surface area contributed by atoms with Crippen LogP contribution in [0.5, 0.6) is 0 Å². The number of hydrogen-bond donors (Lipinski definition) is 0. The lowest BCUT2D eigenvalue weighted by molar-refractivity contribution is 0.521. The van der Waals surface area contributed by atoms with Crippen molar-refractivity contribution in [2.45, 2.75) is 53.2 Å². The molecule has 0 unspecified atom stereocenters. The van der Waals surface area contributed by atoms with E-state index in [2.05, 4.69) is 92.7 Å². The molecule has 0 saturated heterocycles. The molecule has 2 heterocycles. The van der Waals surface area contributed by atoms with Crippen LogP contribution in [-0.4, -0.2) is 15.8 Å². The molecule has 134 valence electrons. The maximum atomic E-state index is 5.08. The van der Waals surface area contributed by atoms with Crippen molar-refractivity contribution in [1.82, 2.24) is 9.78 Å². The Bertz CT molecular complexity index is 950. The molecule has 0 spiro atoms. The molecule has 1 aliphatic rings. The van der Waals surface area contributed by atoms with Crippen LogP contribution in [0.2, 0.25) is 0 Å². The van der Waals surface area contributed by atoms with Gasteiger partial charge in [0.2, 0.25) is 0 Å². The Labute approximate surface area is 156 Å². The SMILES string of the molecule is Cc1c2c(nn1C(C)C)-c1ccccc1N(C(C)C)Cc1ccccc1-2. The number of fused-ring (bicyclic) bond motifs is 5. The number of para-hydroxylation sites is 1. The predicted molar refractivity (Wildman–Crippen MR) is 110 cm³/mol. The van der Waals surface area contributed by atoms with E-state index >= 15 is 0 Å². The van der Waals surface area contributed by atoms with Crippen molar-refractivity contribution in [1.29, 1.82) is 0 Å². The van der Waals surface area contributed by atoms with Gasteiger partial charge in [0.25, 0.3) is 0 Å². The summed E-state index contributed by atoms with van der Waals surface area (Å²) in [5, 5.41) is 5.08. The average Bonchev–Trinajstić information content (AvgIpc) is 2.95. The predicted octanol–water partition coefficient (Wildman–Crippen LogP) is 5.83. The highest BCUT2D eigenvalue weighted by molar-refractivity contribution is 5.91. The second-order valence-electron chi connectivity index (χ2n) is 7.74. The molecule has 0 fully saturated rings. The van der Waals surface area contributed by atoms with Crippen molar-refractivity contribution in [3.8, 4) is 22.4 Å². The van der Waals surface area contributed by atoms with Crippen LogP contribution in [0.15, 0.2) is 48.5 Å². The molecule has 0 amide bonds. The number of rotatable bonds is 2. The molecule has 26 heavy (non-hydrogen) atoms. The largest absolute Gasteiger partial charge is 0.364 e. The molecule has 0 atom stereocenters. The summed E-state index contributed by atoms with van der Waals surface area (Å²) < 4.78 is 2.17. The van der Waals surface area contributed by atoms with Crippen molar-refractivity contribution in [3.63, 3.8) is 0 Å². The van der Waals surface area contributed by atoms with Gasteiger partial charge >= 0.3 is 0 Å². The minimum absolute atomic E-state index is 0.337. The third kappa shape index (κ3) is 2.54. The van der Waals surface area contributed by atoms with Gasteiger partial charge in [-0.2, -0.15) is 5.10 Å². The molecule has 1 aliphatic heterocycles. The van der Waals surface area contributed by atoms with E-state index in [0.717, 1.165) is 12.2 Å². The van der Waals surface area contributed by atoms with Gasteiger partial charge in [-0.15, -0.1) is 0 Å². The third-order valence-corrected chi connectivity index (χ3v) is 5.36. The van der Waals surface area contributed by atoms with Crippen molar-refractivity contribution in [2.24, 2.45) is 0 Å². The van der Waals surface area contributed by atoms with Gasteiger partial charge in [-0.05, 0) is 51.8 Å². The molecule has 0 aliphatic carbocycles. The first-order valence-electron chi connectivity index (χ1n) is 9.52. The van der Waals surface area contributed by atoms with Crippen molar-refractivity contribution < 1.29 is 0 Å². The molecule has 3 aromatic rings. The molecule has 2 aromatic carbocycles. The fourth-order valence-electron chi connectivity index (χ4n) is 4.09. The number of hydrogen-bond acceptors (Lipinski definition) is 2. The lowest BCUT2D eigenvalue weighted by Crippen LogP contribution is -2.31. The zero-order chi connectivity index (χ0) is 18.4. The Morgan fingerprint density at radius 3 is 2.19 bits per heavy atom. The van der Waals surface area contributed by atoms with E-state index in [9.17, 15) is 0 Å². The minimum Gasteiger partial charge on any atom is -0.364 e.